The highest BCUT2D eigenvalue weighted by molar-refractivity contribution is 7.80. The zero-order valence-electron chi connectivity index (χ0n) is 10.0. The Morgan fingerprint density at radius 2 is 2.38 bits per heavy atom. The minimum Gasteiger partial charge on any atom is -0.383 e. The van der Waals surface area contributed by atoms with Crippen molar-refractivity contribution < 1.29 is 4.74 Å². The zero-order valence-corrected chi connectivity index (χ0v) is 10.9. The summed E-state index contributed by atoms with van der Waals surface area (Å²) in [5.74, 6) is 0. The molecule has 4 nitrogen and oxygen atoms in total. The van der Waals surface area contributed by atoms with E-state index in [9.17, 15) is 0 Å². The summed E-state index contributed by atoms with van der Waals surface area (Å²) in [5, 5.41) is 7.85. The smallest absolute Gasteiger partial charge is 0.187 e. The summed E-state index contributed by atoms with van der Waals surface area (Å²) in [4.78, 5) is 0. The summed E-state index contributed by atoms with van der Waals surface area (Å²) in [6, 6.07) is 0.186. The van der Waals surface area contributed by atoms with Crippen LogP contribution in [0.1, 0.15) is 26.7 Å². The van der Waals surface area contributed by atoms with Gasteiger partial charge in [0.1, 0.15) is 0 Å². The molecule has 0 fully saturated rings. The van der Waals surface area contributed by atoms with Crippen LogP contribution in [0.2, 0.25) is 0 Å². The molecule has 5 heteroatoms. The van der Waals surface area contributed by atoms with Crippen LogP contribution in [0.15, 0.2) is 16.8 Å². The molecule has 0 aromatic heterocycles. The van der Waals surface area contributed by atoms with Gasteiger partial charge in [0, 0.05) is 13.2 Å². The van der Waals surface area contributed by atoms with Crippen molar-refractivity contribution in [3.05, 3.63) is 11.6 Å². The van der Waals surface area contributed by atoms with E-state index in [0.717, 1.165) is 18.6 Å². The molecule has 0 saturated heterocycles. The molecule has 0 bridgehead atoms. The van der Waals surface area contributed by atoms with Gasteiger partial charge in [0.15, 0.2) is 5.11 Å². The highest BCUT2D eigenvalue weighted by Crippen LogP contribution is 2.14. The van der Waals surface area contributed by atoms with Crippen LogP contribution in [-0.4, -0.2) is 30.6 Å². The molecule has 1 aliphatic rings. The second kappa shape index (κ2) is 6.60. The molecule has 0 aromatic carbocycles. The van der Waals surface area contributed by atoms with Gasteiger partial charge in [-0.3, -0.25) is 5.43 Å². The number of methoxy groups -OCH3 is 1. The second-order valence-electron chi connectivity index (χ2n) is 4.04. The van der Waals surface area contributed by atoms with Crippen LogP contribution in [0.5, 0.6) is 0 Å². The number of hydrogen-bond acceptors (Lipinski definition) is 3. The minimum absolute atomic E-state index is 0.186. The number of hydrazone groups is 1. The van der Waals surface area contributed by atoms with E-state index in [-0.39, 0.29) is 6.04 Å². The second-order valence-corrected chi connectivity index (χ2v) is 4.44. The molecule has 16 heavy (non-hydrogen) atoms. The molecule has 0 heterocycles. The Morgan fingerprint density at radius 1 is 1.62 bits per heavy atom. The third kappa shape index (κ3) is 4.72. The van der Waals surface area contributed by atoms with Gasteiger partial charge in [-0.1, -0.05) is 5.57 Å². The standard InChI is InChI=1S/C11H19N3OS/c1-8-4-5-10(6-8)13-14-11(16)12-9(2)7-15-3/h6,9H,4-5,7H2,1-3H3,(H2,12,14,16). The molecule has 0 aromatic rings. The molecule has 1 unspecified atom stereocenters. The monoisotopic (exact) mass is 241 g/mol. The molecule has 1 aliphatic carbocycles. The number of ether oxygens (including phenoxy) is 1. The van der Waals surface area contributed by atoms with E-state index in [1.54, 1.807) is 7.11 Å². The van der Waals surface area contributed by atoms with Crippen LogP contribution >= 0.6 is 12.2 Å². The number of nitrogens with zero attached hydrogens (tertiary/aromatic N) is 1. The lowest BCUT2D eigenvalue weighted by Crippen LogP contribution is -2.40. The first-order valence-electron chi connectivity index (χ1n) is 5.41. The van der Waals surface area contributed by atoms with E-state index < -0.39 is 0 Å². The lowest BCUT2D eigenvalue weighted by atomic mass is 10.3. The zero-order chi connectivity index (χ0) is 12.0. The molecule has 2 N–H and O–H groups in total. The van der Waals surface area contributed by atoms with Gasteiger partial charge in [-0.15, -0.1) is 0 Å². The average Bonchev–Trinajstić information content (AvgIpc) is 2.61. The average molecular weight is 241 g/mol. The maximum Gasteiger partial charge on any atom is 0.187 e. The van der Waals surface area contributed by atoms with Gasteiger partial charge < -0.3 is 10.1 Å². The van der Waals surface area contributed by atoms with Crippen LogP contribution < -0.4 is 10.7 Å². The van der Waals surface area contributed by atoms with Crippen LogP contribution in [0.3, 0.4) is 0 Å². The van der Waals surface area contributed by atoms with Gasteiger partial charge in [-0.05, 0) is 45.0 Å². The highest BCUT2D eigenvalue weighted by Gasteiger charge is 2.07. The van der Waals surface area contributed by atoms with Crippen molar-refractivity contribution in [2.45, 2.75) is 32.7 Å². The van der Waals surface area contributed by atoms with E-state index in [1.807, 2.05) is 6.92 Å². The Kier molecular flexibility index (Phi) is 5.42. The van der Waals surface area contributed by atoms with Crippen LogP contribution in [0.4, 0.5) is 0 Å². The van der Waals surface area contributed by atoms with Crippen molar-refractivity contribution in [2.75, 3.05) is 13.7 Å². The molecule has 0 radical (unpaired) electrons. The molecule has 0 spiro atoms. The molecule has 1 rings (SSSR count). The first kappa shape index (κ1) is 13.1. The summed E-state index contributed by atoms with van der Waals surface area (Å²) >= 11 is 5.10. The maximum absolute atomic E-state index is 5.10. The molecule has 0 amide bonds. The molecule has 0 saturated carbocycles. The van der Waals surface area contributed by atoms with E-state index in [0.29, 0.717) is 11.7 Å². The molecule has 90 valence electrons. The Hall–Kier alpha value is -0.940. The molecular formula is C11H19N3OS. The highest BCUT2D eigenvalue weighted by atomic mass is 32.1. The van der Waals surface area contributed by atoms with Gasteiger partial charge in [0.2, 0.25) is 0 Å². The Labute approximate surface area is 102 Å². The predicted octanol–water partition coefficient (Wildman–Crippen LogP) is 1.58. The van der Waals surface area contributed by atoms with Gasteiger partial charge in [-0.25, -0.2) is 0 Å². The summed E-state index contributed by atoms with van der Waals surface area (Å²) in [5.41, 5.74) is 5.27. The topological polar surface area (TPSA) is 45.6 Å². The van der Waals surface area contributed by atoms with Gasteiger partial charge in [0.05, 0.1) is 12.3 Å². The van der Waals surface area contributed by atoms with Crippen molar-refractivity contribution in [2.24, 2.45) is 5.10 Å². The number of hydrogen-bond donors (Lipinski definition) is 2. The summed E-state index contributed by atoms with van der Waals surface area (Å²) < 4.78 is 5.00. The number of thiocarbonyl (C=S) groups is 1. The van der Waals surface area contributed by atoms with Crippen molar-refractivity contribution in [3.63, 3.8) is 0 Å². The molecular weight excluding hydrogens is 222 g/mol. The fraction of sp³-hybridized carbons (Fsp3) is 0.636. The van der Waals surface area contributed by atoms with Crippen LogP contribution in [0, 0.1) is 0 Å². The Balaban J connectivity index is 2.30. The van der Waals surface area contributed by atoms with Crippen LogP contribution in [0.25, 0.3) is 0 Å². The van der Waals surface area contributed by atoms with E-state index in [2.05, 4.69) is 28.8 Å². The third-order valence-electron chi connectivity index (χ3n) is 2.28. The van der Waals surface area contributed by atoms with Crippen LogP contribution in [-0.2, 0) is 4.74 Å². The van der Waals surface area contributed by atoms with Gasteiger partial charge >= 0.3 is 0 Å². The normalized spacial score (nSPS) is 19.4. The fourth-order valence-electron chi connectivity index (χ4n) is 1.51. The Morgan fingerprint density at radius 3 is 2.94 bits per heavy atom. The summed E-state index contributed by atoms with van der Waals surface area (Å²) in [6.45, 7) is 4.74. The predicted molar refractivity (Wildman–Crippen MR) is 70.6 cm³/mol. The fourth-order valence-corrected chi connectivity index (χ4v) is 1.76. The maximum atomic E-state index is 5.10. The van der Waals surface area contributed by atoms with Crippen molar-refractivity contribution in [1.29, 1.82) is 0 Å². The number of allylic oxidation sites excluding steroid dienone is 2. The largest absolute Gasteiger partial charge is 0.383 e. The number of nitrogens with one attached hydrogen (secondary N) is 2. The van der Waals surface area contributed by atoms with Gasteiger partial charge in [0.25, 0.3) is 0 Å². The minimum atomic E-state index is 0.186. The summed E-state index contributed by atoms with van der Waals surface area (Å²) in [6.07, 6.45) is 4.18. The number of rotatable bonds is 4. The first-order valence-corrected chi connectivity index (χ1v) is 5.82. The quantitative estimate of drug-likeness (QED) is 0.579. The lowest BCUT2D eigenvalue weighted by Gasteiger charge is -2.14. The lowest BCUT2D eigenvalue weighted by molar-refractivity contribution is 0.179. The van der Waals surface area contributed by atoms with Crippen molar-refractivity contribution in [3.8, 4) is 0 Å². The summed E-state index contributed by atoms with van der Waals surface area (Å²) in [7, 11) is 1.67. The molecule has 0 aliphatic heterocycles. The van der Waals surface area contributed by atoms with Crippen molar-refractivity contribution >= 4 is 23.0 Å². The van der Waals surface area contributed by atoms with Crippen molar-refractivity contribution in [1.82, 2.24) is 10.7 Å². The molecule has 1 atom stereocenters. The van der Waals surface area contributed by atoms with Gasteiger partial charge in [-0.2, -0.15) is 5.10 Å². The van der Waals surface area contributed by atoms with E-state index in [4.69, 9.17) is 17.0 Å². The Bertz CT molecular complexity index is 312. The van der Waals surface area contributed by atoms with E-state index in [1.165, 1.54) is 5.57 Å². The first-order chi connectivity index (χ1) is 7.61. The SMILES string of the molecule is COCC(C)NC(=S)NN=C1C=C(C)CC1. The van der Waals surface area contributed by atoms with E-state index >= 15 is 0 Å². The third-order valence-corrected chi connectivity index (χ3v) is 2.49.